The highest BCUT2D eigenvalue weighted by Crippen LogP contribution is 2.53. The molecule has 1 aromatic carbocycles. The zero-order valence-electron chi connectivity index (χ0n) is 28.4. The molecule has 0 aromatic heterocycles. The maximum Gasteiger partial charge on any atom is 0.272 e. The summed E-state index contributed by atoms with van der Waals surface area (Å²) in [5.41, 5.74) is 1.17. The largest absolute Gasteiger partial charge is 0.380 e. The van der Waals surface area contributed by atoms with Gasteiger partial charge in [0.25, 0.3) is 5.91 Å². The van der Waals surface area contributed by atoms with Crippen molar-refractivity contribution in [2.75, 3.05) is 33.9 Å². The molecular formula is C36H55N3O6. The summed E-state index contributed by atoms with van der Waals surface area (Å²) < 4.78 is 11.9. The quantitative estimate of drug-likeness (QED) is 0.284. The summed E-state index contributed by atoms with van der Waals surface area (Å²) in [4.78, 5) is 49.3. The van der Waals surface area contributed by atoms with Crippen molar-refractivity contribution in [1.29, 1.82) is 0 Å². The average Bonchev–Trinajstić information content (AvgIpc) is 3.58. The molecule has 4 rings (SSSR count). The maximum atomic E-state index is 14.0. The Morgan fingerprint density at radius 2 is 1.80 bits per heavy atom. The van der Waals surface area contributed by atoms with E-state index in [1.165, 1.54) is 10.6 Å². The van der Waals surface area contributed by atoms with Crippen molar-refractivity contribution < 1.29 is 28.7 Å². The number of ether oxygens (including phenoxy) is 2. The summed E-state index contributed by atoms with van der Waals surface area (Å²) >= 11 is 0. The van der Waals surface area contributed by atoms with Crippen molar-refractivity contribution in [2.45, 2.75) is 109 Å². The Bertz CT molecular complexity index is 1180. The number of rotatable bonds is 14. The van der Waals surface area contributed by atoms with Crippen LogP contribution in [0.2, 0.25) is 0 Å². The number of allylic oxidation sites excluding steroid dienone is 1. The summed E-state index contributed by atoms with van der Waals surface area (Å²) in [5.74, 6) is -0.643. The van der Waals surface area contributed by atoms with Crippen molar-refractivity contribution in [2.24, 2.45) is 17.8 Å². The number of nitrogens with zero attached hydrogens (tertiary/aromatic N) is 2. The van der Waals surface area contributed by atoms with Gasteiger partial charge >= 0.3 is 0 Å². The number of nitrogens with one attached hydrogen (secondary N) is 1. The van der Waals surface area contributed by atoms with Gasteiger partial charge in [0.1, 0.15) is 5.54 Å². The summed E-state index contributed by atoms with van der Waals surface area (Å²) in [6, 6.07) is 9.62. The molecule has 0 radical (unpaired) electrons. The number of hydroxylamine groups is 2. The van der Waals surface area contributed by atoms with Crippen LogP contribution in [0.4, 0.5) is 0 Å². The Morgan fingerprint density at radius 3 is 2.40 bits per heavy atom. The van der Waals surface area contributed by atoms with Gasteiger partial charge in [0.2, 0.25) is 11.8 Å². The van der Waals surface area contributed by atoms with Crippen LogP contribution in [0.15, 0.2) is 42.0 Å². The number of carbonyl (C=O) groups excluding carboxylic acids is 3. The van der Waals surface area contributed by atoms with E-state index in [1.54, 1.807) is 14.2 Å². The minimum Gasteiger partial charge on any atom is -0.380 e. The monoisotopic (exact) mass is 625 g/mol. The van der Waals surface area contributed by atoms with Crippen LogP contribution in [0.3, 0.4) is 0 Å². The van der Waals surface area contributed by atoms with Crippen LogP contribution >= 0.6 is 0 Å². The standard InChI is InChI=1S/C36H55N3O6/c1-8-25(4)28(21-24(2)3)31(43-6)22-32(40)38-18-14-17-30(38)33(44-7)26(5)34(41)37-36(35(42)39-19-12-13-20-45-39)23-29(36)27-15-10-9-11-16-27/h9-11,15-16,21,25-26,28-31,33H,8,12-14,17-20,22-23H2,1-7H3,(H,37,41). The Labute approximate surface area is 270 Å². The van der Waals surface area contributed by atoms with Gasteiger partial charge in [-0.15, -0.1) is 0 Å². The molecule has 1 saturated carbocycles. The van der Waals surface area contributed by atoms with E-state index in [4.69, 9.17) is 14.3 Å². The number of hydrogen-bond donors (Lipinski definition) is 1. The van der Waals surface area contributed by atoms with Crippen LogP contribution in [0.5, 0.6) is 0 Å². The van der Waals surface area contributed by atoms with Crippen molar-refractivity contribution in [3.05, 3.63) is 47.5 Å². The Morgan fingerprint density at radius 1 is 1.07 bits per heavy atom. The molecule has 9 heteroatoms. The number of likely N-dealkylation sites (tertiary alicyclic amines) is 1. The third-order valence-corrected chi connectivity index (χ3v) is 10.2. The number of methoxy groups -OCH3 is 2. The van der Waals surface area contributed by atoms with Gasteiger partial charge in [0, 0.05) is 39.1 Å². The predicted molar refractivity (Wildman–Crippen MR) is 174 cm³/mol. The second-order valence-corrected chi connectivity index (χ2v) is 13.5. The molecule has 250 valence electrons. The molecule has 9 nitrogen and oxygen atoms in total. The van der Waals surface area contributed by atoms with Crippen molar-refractivity contribution in [3.63, 3.8) is 0 Å². The van der Waals surface area contributed by atoms with E-state index in [0.717, 1.165) is 37.7 Å². The number of benzene rings is 1. The van der Waals surface area contributed by atoms with Gasteiger partial charge in [0.05, 0.1) is 37.2 Å². The lowest BCUT2D eigenvalue weighted by Crippen LogP contribution is -2.56. The Hall–Kier alpha value is -2.75. The molecule has 3 amide bonds. The molecule has 0 bridgehead atoms. The summed E-state index contributed by atoms with van der Waals surface area (Å²) in [6.07, 6.45) is 6.63. The molecule has 45 heavy (non-hydrogen) atoms. The Balaban J connectivity index is 1.49. The SMILES string of the molecule is CCC(C)C(C=C(C)C)C(CC(=O)N1CCCC1C(OC)C(C)C(=O)NC1(C(=O)N2CCCCO2)CC1c1ccccc1)OC. The Kier molecular flexibility index (Phi) is 12.2. The van der Waals surface area contributed by atoms with Gasteiger partial charge in [-0.2, -0.15) is 0 Å². The van der Waals surface area contributed by atoms with E-state index >= 15 is 0 Å². The molecule has 2 heterocycles. The van der Waals surface area contributed by atoms with Crippen LogP contribution in [0.25, 0.3) is 0 Å². The van der Waals surface area contributed by atoms with E-state index in [2.05, 4.69) is 39.1 Å². The lowest BCUT2D eigenvalue weighted by molar-refractivity contribution is -0.200. The maximum absolute atomic E-state index is 14.0. The molecule has 3 aliphatic rings. The van der Waals surface area contributed by atoms with Crippen LogP contribution in [-0.2, 0) is 28.7 Å². The first-order valence-corrected chi connectivity index (χ1v) is 16.9. The normalized spacial score (nSPS) is 26.4. The van der Waals surface area contributed by atoms with Crippen LogP contribution in [0, 0.1) is 17.8 Å². The first-order valence-electron chi connectivity index (χ1n) is 16.9. The van der Waals surface area contributed by atoms with Gasteiger partial charge in [0.15, 0.2) is 0 Å². The average molecular weight is 626 g/mol. The lowest BCUT2D eigenvalue weighted by atomic mass is 9.84. The zero-order valence-corrected chi connectivity index (χ0v) is 28.4. The number of carbonyl (C=O) groups is 3. The molecule has 1 aliphatic carbocycles. The number of hydrogen-bond acceptors (Lipinski definition) is 6. The lowest BCUT2D eigenvalue weighted by Gasteiger charge is -2.36. The van der Waals surface area contributed by atoms with Crippen molar-refractivity contribution in [1.82, 2.24) is 15.3 Å². The number of amides is 3. The second kappa shape index (κ2) is 15.7. The zero-order chi connectivity index (χ0) is 32.7. The summed E-state index contributed by atoms with van der Waals surface area (Å²) in [7, 11) is 3.29. The van der Waals surface area contributed by atoms with Crippen LogP contribution in [-0.4, -0.2) is 85.4 Å². The highest BCUT2D eigenvalue weighted by molar-refractivity contribution is 5.96. The molecule has 1 N–H and O–H groups in total. The minimum absolute atomic E-state index is 0.0229. The molecule has 1 aromatic rings. The molecular weight excluding hydrogens is 570 g/mol. The predicted octanol–water partition coefficient (Wildman–Crippen LogP) is 5.26. The third kappa shape index (κ3) is 7.98. The third-order valence-electron chi connectivity index (χ3n) is 10.2. The molecule has 0 spiro atoms. The van der Waals surface area contributed by atoms with Crippen molar-refractivity contribution in [3.8, 4) is 0 Å². The van der Waals surface area contributed by atoms with Gasteiger partial charge in [-0.05, 0) is 57.4 Å². The van der Waals surface area contributed by atoms with Crippen LogP contribution < -0.4 is 5.32 Å². The van der Waals surface area contributed by atoms with E-state index < -0.39 is 17.6 Å². The fourth-order valence-corrected chi connectivity index (χ4v) is 7.34. The molecule has 2 aliphatic heterocycles. The first-order chi connectivity index (χ1) is 21.6. The fourth-order valence-electron chi connectivity index (χ4n) is 7.34. The minimum atomic E-state index is -1.06. The van der Waals surface area contributed by atoms with E-state index in [9.17, 15) is 14.4 Å². The molecule has 3 fully saturated rings. The van der Waals surface area contributed by atoms with Gasteiger partial charge in [-0.1, -0.05) is 69.2 Å². The second-order valence-electron chi connectivity index (χ2n) is 13.5. The molecule has 8 atom stereocenters. The van der Waals surface area contributed by atoms with Crippen LogP contribution in [0.1, 0.15) is 91.0 Å². The smallest absolute Gasteiger partial charge is 0.272 e. The van der Waals surface area contributed by atoms with Gasteiger partial charge in [-0.3, -0.25) is 19.2 Å². The van der Waals surface area contributed by atoms with E-state index in [-0.39, 0.29) is 48.1 Å². The van der Waals surface area contributed by atoms with E-state index in [1.807, 2.05) is 42.2 Å². The van der Waals surface area contributed by atoms with Crippen molar-refractivity contribution >= 4 is 17.7 Å². The van der Waals surface area contributed by atoms with Gasteiger partial charge < -0.3 is 19.7 Å². The highest BCUT2D eigenvalue weighted by atomic mass is 16.7. The topological polar surface area (TPSA) is 97.4 Å². The molecule has 2 saturated heterocycles. The van der Waals surface area contributed by atoms with E-state index in [0.29, 0.717) is 32.0 Å². The summed E-state index contributed by atoms with van der Waals surface area (Å²) in [5, 5.41) is 4.61. The fraction of sp³-hybridized carbons (Fsp3) is 0.694. The summed E-state index contributed by atoms with van der Waals surface area (Å²) in [6.45, 7) is 12.0. The molecule has 8 unspecified atom stereocenters. The highest BCUT2D eigenvalue weighted by Gasteiger charge is 2.64. The van der Waals surface area contributed by atoms with Gasteiger partial charge in [-0.25, -0.2) is 5.06 Å². The first kappa shape index (κ1) is 35.1.